The van der Waals surface area contributed by atoms with Crippen LogP contribution in [0.1, 0.15) is 11.1 Å². The number of aromatic nitrogens is 1. The Hall–Kier alpha value is -1.84. The molecule has 0 saturated heterocycles. The molecule has 0 amide bonds. The summed E-state index contributed by atoms with van der Waals surface area (Å²) in [5.41, 5.74) is 5.94. The van der Waals surface area contributed by atoms with Crippen molar-refractivity contribution in [3.63, 3.8) is 0 Å². The van der Waals surface area contributed by atoms with Crippen LogP contribution in [0, 0.1) is 26.2 Å². The minimum absolute atomic E-state index is 0.0396. The number of aromatic amines is 1. The highest BCUT2D eigenvalue weighted by Gasteiger charge is 2.20. The summed E-state index contributed by atoms with van der Waals surface area (Å²) in [5, 5.41) is 18.5. The molecule has 0 aliphatic carbocycles. The molecule has 1 aromatic carbocycles. The van der Waals surface area contributed by atoms with Crippen LogP contribution in [0.15, 0.2) is 27.5 Å². The third-order valence-electron chi connectivity index (χ3n) is 2.69. The molecule has 2 rings (SSSR count). The van der Waals surface area contributed by atoms with Crippen molar-refractivity contribution in [1.29, 1.82) is 10.5 Å². The Balaban J connectivity index is 3.01. The van der Waals surface area contributed by atoms with Crippen molar-refractivity contribution < 1.29 is 0 Å². The highest BCUT2D eigenvalue weighted by atomic mass is 127. The quantitative estimate of drug-likeness (QED) is 0.664. The fraction of sp³-hybridized carbons (Fsp3) is 0. The van der Waals surface area contributed by atoms with Crippen LogP contribution in [-0.2, 0) is 0 Å². The molecule has 0 spiro atoms. The Morgan fingerprint density at radius 2 is 1.90 bits per heavy atom. The van der Waals surface area contributed by atoms with Gasteiger partial charge >= 0.3 is 0 Å². The van der Waals surface area contributed by atoms with Gasteiger partial charge in [-0.05, 0) is 50.2 Å². The number of nitrogens with zero attached hydrogens (tertiary/aromatic N) is 2. The molecule has 1 heterocycles. The summed E-state index contributed by atoms with van der Waals surface area (Å²) in [4.78, 5) is 14.2. The molecule has 0 atom stereocenters. The van der Waals surface area contributed by atoms with Gasteiger partial charge in [0.1, 0.15) is 29.1 Å². The fourth-order valence-electron chi connectivity index (χ4n) is 1.81. The summed E-state index contributed by atoms with van der Waals surface area (Å²) >= 11 is 5.46. The highest BCUT2D eigenvalue weighted by Crippen LogP contribution is 2.34. The molecule has 0 aliphatic rings. The predicted molar refractivity (Wildman–Crippen MR) is 86.8 cm³/mol. The molecule has 7 heteroatoms. The lowest BCUT2D eigenvalue weighted by Gasteiger charge is -2.11. The van der Waals surface area contributed by atoms with Crippen molar-refractivity contribution in [2.45, 2.75) is 0 Å². The molecule has 0 fully saturated rings. The van der Waals surface area contributed by atoms with Gasteiger partial charge in [0.2, 0.25) is 0 Å². The van der Waals surface area contributed by atoms with E-state index in [9.17, 15) is 15.3 Å². The van der Waals surface area contributed by atoms with E-state index in [4.69, 9.17) is 5.73 Å². The fourth-order valence-corrected chi connectivity index (χ4v) is 2.80. The van der Waals surface area contributed by atoms with Gasteiger partial charge in [0, 0.05) is 13.6 Å². The maximum absolute atomic E-state index is 11.8. The smallest absolute Gasteiger partial charge is 0.268 e. The van der Waals surface area contributed by atoms with Crippen molar-refractivity contribution in [3.8, 4) is 23.3 Å². The van der Waals surface area contributed by atoms with Crippen LogP contribution < -0.4 is 11.3 Å². The number of hydrogen-bond donors (Lipinski definition) is 2. The van der Waals surface area contributed by atoms with Gasteiger partial charge in [-0.2, -0.15) is 10.5 Å². The number of nitrogens with one attached hydrogen (secondary N) is 1. The van der Waals surface area contributed by atoms with Crippen LogP contribution in [-0.4, -0.2) is 4.98 Å². The van der Waals surface area contributed by atoms with Crippen LogP contribution in [0.25, 0.3) is 11.1 Å². The number of nitrogen functional groups attached to an aromatic ring is 1. The largest absolute Gasteiger partial charge is 0.384 e. The van der Waals surface area contributed by atoms with Crippen LogP contribution >= 0.6 is 38.5 Å². The maximum atomic E-state index is 11.8. The van der Waals surface area contributed by atoms with Crippen molar-refractivity contribution in [3.05, 3.63) is 47.7 Å². The first-order valence-electron chi connectivity index (χ1n) is 5.31. The summed E-state index contributed by atoms with van der Waals surface area (Å²) in [6, 6.07) is 9.12. The molecule has 0 saturated carbocycles. The Kier molecular flexibility index (Phi) is 4.12. The SMILES string of the molecule is N#Cc1c(N)[nH]c(=O)c(C#N)c1-c1cccc(Br)c1I. The molecule has 2 aromatic rings. The van der Waals surface area contributed by atoms with E-state index in [1.54, 1.807) is 12.1 Å². The Labute approximate surface area is 136 Å². The van der Waals surface area contributed by atoms with Gasteiger partial charge in [0.05, 0.1) is 0 Å². The summed E-state index contributed by atoms with van der Waals surface area (Å²) < 4.78 is 1.60. The molecule has 5 nitrogen and oxygen atoms in total. The monoisotopic (exact) mass is 440 g/mol. The first kappa shape index (κ1) is 14.6. The normalized spacial score (nSPS) is 9.80. The van der Waals surface area contributed by atoms with Crippen molar-refractivity contribution >= 4 is 44.3 Å². The maximum Gasteiger partial charge on any atom is 0.268 e. The van der Waals surface area contributed by atoms with Crippen molar-refractivity contribution in [2.24, 2.45) is 0 Å². The predicted octanol–water partition coefficient (Wildman–Crippen LogP) is 2.73. The summed E-state index contributed by atoms with van der Waals surface area (Å²) in [5.74, 6) is -0.0396. The Morgan fingerprint density at radius 3 is 2.50 bits per heavy atom. The van der Waals surface area contributed by atoms with Crippen molar-refractivity contribution in [1.82, 2.24) is 4.98 Å². The first-order valence-corrected chi connectivity index (χ1v) is 7.18. The van der Waals surface area contributed by atoms with E-state index < -0.39 is 5.56 Å². The van der Waals surface area contributed by atoms with Crippen LogP contribution in [0.5, 0.6) is 0 Å². The zero-order valence-electron chi connectivity index (χ0n) is 9.87. The number of halogens is 2. The average Bonchev–Trinajstić information content (AvgIpc) is 2.41. The number of benzene rings is 1. The zero-order chi connectivity index (χ0) is 14.9. The third kappa shape index (κ3) is 2.30. The lowest BCUT2D eigenvalue weighted by molar-refractivity contribution is 1.21. The minimum Gasteiger partial charge on any atom is -0.384 e. The molecular formula is C13H6BrIN4O. The molecular weight excluding hydrogens is 435 g/mol. The number of hydrogen-bond acceptors (Lipinski definition) is 4. The summed E-state index contributed by atoms with van der Waals surface area (Å²) in [7, 11) is 0. The minimum atomic E-state index is -0.602. The van der Waals surface area contributed by atoms with Gasteiger partial charge in [-0.1, -0.05) is 12.1 Å². The van der Waals surface area contributed by atoms with Crippen LogP contribution in [0.3, 0.4) is 0 Å². The summed E-state index contributed by atoms with van der Waals surface area (Å²) in [6.45, 7) is 0. The Bertz CT molecular complexity index is 845. The topological polar surface area (TPSA) is 106 Å². The second-order valence-electron chi connectivity index (χ2n) is 3.82. The lowest BCUT2D eigenvalue weighted by atomic mass is 9.97. The molecule has 98 valence electrons. The van der Waals surface area contributed by atoms with E-state index in [2.05, 4.69) is 43.5 Å². The molecule has 0 bridgehead atoms. The number of H-pyrrole nitrogens is 1. The molecule has 20 heavy (non-hydrogen) atoms. The number of nitriles is 2. The van der Waals surface area contributed by atoms with E-state index >= 15 is 0 Å². The van der Waals surface area contributed by atoms with Gasteiger partial charge in [-0.3, -0.25) is 4.79 Å². The van der Waals surface area contributed by atoms with Gasteiger partial charge in [-0.15, -0.1) is 0 Å². The van der Waals surface area contributed by atoms with E-state index in [1.165, 1.54) is 0 Å². The van der Waals surface area contributed by atoms with E-state index in [-0.39, 0.29) is 22.5 Å². The van der Waals surface area contributed by atoms with E-state index in [0.717, 1.165) is 8.04 Å². The lowest BCUT2D eigenvalue weighted by Crippen LogP contribution is -2.16. The molecule has 1 aromatic heterocycles. The standard InChI is InChI=1S/C13H6BrIN4O/c14-9-3-1-2-6(11(9)15)10-7(4-16)12(18)19-13(20)8(10)5-17/h1-3H,(H3,18,19,20). The molecule has 3 N–H and O–H groups in total. The average molecular weight is 441 g/mol. The number of anilines is 1. The van der Waals surface area contributed by atoms with Gasteiger partial charge < -0.3 is 10.7 Å². The highest BCUT2D eigenvalue weighted by molar-refractivity contribution is 14.1. The molecule has 0 aliphatic heterocycles. The molecule has 0 unspecified atom stereocenters. The zero-order valence-corrected chi connectivity index (χ0v) is 13.6. The third-order valence-corrected chi connectivity index (χ3v) is 5.25. The van der Waals surface area contributed by atoms with Crippen LogP contribution in [0.2, 0.25) is 0 Å². The number of nitrogens with two attached hydrogens (primary N) is 1. The molecule has 0 radical (unpaired) electrons. The van der Waals surface area contributed by atoms with Crippen molar-refractivity contribution in [2.75, 3.05) is 5.73 Å². The van der Waals surface area contributed by atoms with E-state index in [1.807, 2.05) is 18.2 Å². The second kappa shape index (κ2) is 5.65. The Morgan fingerprint density at radius 1 is 1.25 bits per heavy atom. The van der Waals surface area contributed by atoms with E-state index in [0.29, 0.717) is 5.56 Å². The van der Waals surface area contributed by atoms with Gasteiger partial charge in [-0.25, -0.2) is 0 Å². The second-order valence-corrected chi connectivity index (χ2v) is 5.75. The number of rotatable bonds is 1. The first-order chi connectivity index (χ1) is 9.51. The van der Waals surface area contributed by atoms with Crippen LogP contribution in [0.4, 0.5) is 5.82 Å². The van der Waals surface area contributed by atoms with Gasteiger partial charge in [0.15, 0.2) is 0 Å². The number of pyridine rings is 1. The van der Waals surface area contributed by atoms with Gasteiger partial charge in [0.25, 0.3) is 5.56 Å². The summed E-state index contributed by atoms with van der Waals surface area (Å²) in [6.07, 6.45) is 0.